The Morgan fingerprint density at radius 2 is 1.80 bits per heavy atom. The molecule has 0 bridgehead atoms. The maximum Gasteiger partial charge on any atom is 0.310 e. The molecule has 0 saturated heterocycles. The van der Waals surface area contributed by atoms with Gasteiger partial charge in [-0.05, 0) is 49.3 Å². The predicted octanol–water partition coefficient (Wildman–Crippen LogP) is 2.86. The molecular formula is C16H19NO3. The Balaban J connectivity index is 1.61. The third-order valence-corrected chi connectivity index (χ3v) is 4.76. The molecule has 2 aliphatic rings. The fourth-order valence-electron chi connectivity index (χ4n) is 3.43. The Labute approximate surface area is 118 Å². The van der Waals surface area contributed by atoms with E-state index in [9.17, 15) is 9.59 Å². The van der Waals surface area contributed by atoms with Crippen LogP contribution < -0.4 is 5.32 Å². The SMILES string of the molecule is CC(C(=O)O)c1ccc(NC(=O)C2C3CCCC32)cc1. The number of hydrogen-bond donors (Lipinski definition) is 2. The molecule has 0 radical (unpaired) electrons. The zero-order chi connectivity index (χ0) is 14.3. The minimum atomic E-state index is -0.840. The third-order valence-electron chi connectivity index (χ3n) is 4.76. The van der Waals surface area contributed by atoms with Crippen molar-refractivity contribution in [1.82, 2.24) is 0 Å². The van der Waals surface area contributed by atoms with E-state index in [1.54, 1.807) is 31.2 Å². The average molecular weight is 273 g/mol. The molecule has 3 rings (SSSR count). The summed E-state index contributed by atoms with van der Waals surface area (Å²) in [5, 5.41) is 11.9. The van der Waals surface area contributed by atoms with Crippen LogP contribution in [0.4, 0.5) is 5.69 Å². The van der Waals surface area contributed by atoms with Gasteiger partial charge in [0.2, 0.25) is 5.91 Å². The Morgan fingerprint density at radius 1 is 1.20 bits per heavy atom. The second-order valence-corrected chi connectivity index (χ2v) is 5.96. The number of benzene rings is 1. The highest BCUT2D eigenvalue weighted by molar-refractivity contribution is 5.95. The van der Waals surface area contributed by atoms with Gasteiger partial charge in [-0.25, -0.2) is 0 Å². The lowest BCUT2D eigenvalue weighted by atomic mass is 10.0. The van der Waals surface area contributed by atoms with Gasteiger partial charge in [0.05, 0.1) is 5.92 Å². The number of amides is 1. The highest BCUT2D eigenvalue weighted by Crippen LogP contribution is 2.57. The molecule has 3 atom stereocenters. The molecule has 20 heavy (non-hydrogen) atoms. The van der Waals surface area contributed by atoms with E-state index >= 15 is 0 Å². The fourth-order valence-corrected chi connectivity index (χ4v) is 3.43. The van der Waals surface area contributed by atoms with Crippen LogP contribution in [0, 0.1) is 17.8 Å². The van der Waals surface area contributed by atoms with Crippen molar-refractivity contribution in [2.75, 3.05) is 5.32 Å². The molecule has 2 fully saturated rings. The van der Waals surface area contributed by atoms with Gasteiger partial charge >= 0.3 is 5.97 Å². The van der Waals surface area contributed by atoms with Crippen LogP contribution in [0.25, 0.3) is 0 Å². The maximum absolute atomic E-state index is 12.1. The van der Waals surface area contributed by atoms with Crippen LogP contribution in [-0.2, 0) is 9.59 Å². The number of nitrogens with one attached hydrogen (secondary N) is 1. The molecule has 2 N–H and O–H groups in total. The van der Waals surface area contributed by atoms with Crippen LogP contribution >= 0.6 is 0 Å². The van der Waals surface area contributed by atoms with Gasteiger partial charge < -0.3 is 10.4 Å². The van der Waals surface area contributed by atoms with Crippen molar-refractivity contribution in [3.05, 3.63) is 29.8 Å². The van der Waals surface area contributed by atoms with Crippen molar-refractivity contribution in [3.8, 4) is 0 Å². The summed E-state index contributed by atoms with van der Waals surface area (Å²) in [5.74, 6) is 0.192. The number of carboxylic acid groups (broad SMARTS) is 1. The first-order valence-electron chi connectivity index (χ1n) is 7.21. The summed E-state index contributed by atoms with van der Waals surface area (Å²) >= 11 is 0. The van der Waals surface area contributed by atoms with Gasteiger partial charge in [0.15, 0.2) is 0 Å². The second-order valence-electron chi connectivity index (χ2n) is 5.96. The minimum Gasteiger partial charge on any atom is -0.481 e. The van der Waals surface area contributed by atoms with Gasteiger partial charge in [0.1, 0.15) is 0 Å². The molecule has 2 saturated carbocycles. The molecule has 0 spiro atoms. The lowest BCUT2D eigenvalue weighted by Gasteiger charge is -2.09. The molecule has 106 valence electrons. The lowest BCUT2D eigenvalue weighted by molar-refractivity contribution is -0.138. The number of rotatable bonds is 4. The molecular weight excluding hydrogens is 254 g/mol. The number of carboxylic acids is 1. The van der Waals surface area contributed by atoms with Gasteiger partial charge in [0, 0.05) is 11.6 Å². The summed E-state index contributed by atoms with van der Waals surface area (Å²) in [4.78, 5) is 23.0. The first kappa shape index (κ1) is 13.2. The Kier molecular flexibility index (Phi) is 3.24. The van der Waals surface area contributed by atoms with E-state index < -0.39 is 11.9 Å². The van der Waals surface area contributed by atoms with Gasteiger partial charge in [0.25, 0.3) is 0 Å². The maximum atomic E-state index is 12.1. The van der Waals surface area contributed by atoms with E-state index in [1.807, 2.05) is 0 Å². The number of carbonyl (C=O) groups excluding carboxylic acids is 1. The van der Waals surface area contributed by atoms with Crippen molar-refractivity contribution in [2.45, 2.75) is 32.1 Å². The number of hydrogen-bond acceptors (Lipinski definition) is 2. The van der Waals surface area contributed by atoms with E-state index in [1.165, 1.54) is 19.3 Å². The van der Waals surface area contributed by atoms with E-state index in [4.69, 9.17) is 5.11 Å². The summed E-state index contributed by atoms with van der Waals surface area (Å²) in [6.45, 7) is 1.65. The van der Waals surface area contributed by atoms with Crippen LogP contribution in [0.5, 0.6) is 0 Å². The Bertz CT molecular complexity index is 527. The molecule has 1 amide bonds. The van der Waals surface area contributed by atoms with Crippen molar-refractivity contribution in [2.24, 2.45) is 17.8 Å². The van der Waals surface area contributed by atoms with Crippen LogP contribution in [0.1, 0.15) is 37.7 Å². The highest BCUT2D eigenvalue weighted by atomic mass is 16.4. The monoisotopic (exact) mass is 273 g/mol. The number of aliphatic carboxylic acids is 1. The molecule has 0 aliphatic heterocycles. The quantitative estimate of drug-likeness (QED) is 0.886. The third kappa shape index (κ3) is 2.30. The van der Waals surface area contributed by atoms with E-state index in [-0.39, 0.29) is 11.8 Å². The molecule has 1 aromatic rings. The van der Waals surface area contributed by atoms with Gasteiger partial charge in [-0.3, -0.25) is 9.59 Å². The van der Waals surface area contributed by atoms with Gasteiger partial charge in [-0.1, -0.05) is 18.6 Å². The molecule has 3 unspecified atom stereocenters. The van der Waals surface area contributed by atoms with Crippen molar-refractivity contribution in [3.63, 3.8) is 0 Å². The Morgan fingerprint density at radius 3 is 2.35 bits per heavy atom. The van der Waals surface area contributed by atoms with E-state index in [2.05, 4.69) is 5.32 Å². The molecule has 1 aromatic carbocycles. The van der Waals surface area contributed by atoms with Crippen LogP contribution in [-0.4, -0.2) is 17.0 Å². The average Bonchev–Trinajstić information content (AvgIpc) is 2.92. The smallest absolute Gasteiger partial charge is 0.310 e. The molecule has 0 heterocycles. The van der Waals surface area contributed by atoms with Crippen molar-refractivity contribution >= 4 is 17.6 Å². The second kappa shape index (κ2) is 4.93. The van der Waals surface area contributed by atoms with E-state index in [0.29, 0.717) is 11.8 Å². The Hall–Kier alpha value is -1.84. The van der Waals surface area contributed by atoms with E-state index in [0.717, 1.165) is 11.3 Å². The highest BCUT2D eigenvalue weighted by Gasteiger charge is 2.56. The molecule has 2 aliphatic carbocycles. The minimum absolute atomic E-state index is 0.124. The zero-order valence-corrected chi connectivity index (χ0v) is 11.5. The topological polar surface area (TPSA) is 66.4 Å². The number of fused-ring (bicyclic) bond motifs is 1. The molecule has 4 nitrogen and oxygen atoms in total. The van der Waals surface area contributed by atoms with Crippen LogP contribution in [0.15, 0.2) is 24.3 Å². The molecule has 4 heteroatoms. The fraction of sp³-hybridized carbons (Fsp3) is 0.500. The first-order chi connectivity index (χ1) is 9.58. The summed E-state index contributed by atoms with van der Waals surface area (Å²) < 4.78 is 0. The normalized spacial score (nSPS) is 28.6. The van der Waals surface area contributed by atoms with Crippen molar-refractivity contribution in [1.29, 1.82) is 0 Å². The zero-order valence-electron chi connectivity index (χ0n) is 11.5. The summed E-state index contributed by atoms with van der Waals surface area (Å²) in [6.07, 6.45) is 3.65. The standard InChI is InChI=1S/C16H19NO3/c1-9(16(19)20)10-5-7-11(8-6-10)17-15(18)14-12-3-2-4-13(12)14/h5-9,12-14H,2-4H2,1H3,(H,17,18)(H,19,20). The first-order valence-corrected chi connectivity index (χ1v) is 7.21. The summed E-state index contributed by atoms with van der Waals surface area (Å²) in [5.41, 5.74) is 1.50. The predicted molar refractivity (Wildman–Crippen MR) is 75.4 cm³/mol. The van der Waals surface area contributed by atoms with Gasteiger partial charge in [-0.15, -0.1) is 0 Å². The number of carbonyl (C=O) groups is 2. The summed E-state index contributed by atoms with van der Waals surface area (Å²) in [7, 11) is 0. The number of anilines is 1. The van der Waals surface area contributed by atoms with Crippen LogP contribution in [0.3, 0.4) is 0 Å². The molecule has 0 aromatic heterocycles. The summed E-state index contributed by atoms with van der Waals surface area (Å²) in [6, 6.07) is 7.10. The van der Waals surface area contributed by atoms with Crippen LogP contribution in [0.2, 0.25) is 0 Å². The van der Waals surface area contributed by atoms with Gasteiger partial charge in [-0.2, -0.15) is 0 Å². The lowest BCUT2D eigenvalue weighted by Crippen LogP contribution is -2.16. The largest absolute Gasteiger partial charge is 0.481 e. The van der Waals surface area contributed by atoms with Crippen molar-refractivity contribution < 1.29 is 14.7 Å².